The predicted molar refractivity (Wildman–Crippen MR) is 96.4 cm³/mol. The molecule has 0 saturated heterocycles. The number of allylic oxidation sites excluding steroid dienone is 1. The van der Waals surface area contributed by atoms with Gasteiger partial charge in [-0.3, -0.25) is 0 Å². The van der Waals surface area contributed by atoms with E-state index < -0.39 is 0 Å². The fraction of sp³-hybridized carbons (Fsp3) is 0.500. The van der Waals surface area contributed by atoms with Crippen molar-refractivity contribution in [1.29, 1.82) is 0 Å². The van der Waals surface area contributed by atoms with E-state index in [1.807, 2.05) is 24.3 Å². The molecule has 0 aromatic heterocycles. The lowest BCUT2D eigenvalue weighted by atomic mass is 10.2. The van der Waals surface area contributed by atoms with Gasteiger partial charge in [-0.2, -0.15) is 0 Å². The van der Waals surface area contributed by atoms with Crippen LogP contribution in [0.4, 0.5) is 0 Å². The number of nitrogens with zero attached hydrogens (tertiary/aromatic N) is 2. The number of methoxy groups -OCH3 is 2. The van der Waals surface area contributed by atoms with Gasteiger partial charge in [-0.15, -0.1) is 6.58 Å². The Morgan fingerprint density at radius 3 is 2.65 bits per heavy atom. The Kier molecular flexibility index (Phi) is 8.65. The summed E-state index contributed by atoms with van der Waals surface area (Å²) < 4.78 is 10.6. The summed E-state index contributed by atoms with van der Waals surface area (Å²) in [5.74, 6) is 2.37. The van der Waals surface area contributed by atoms with Gasteiger partial charge in [0.1, 0.15) is 0 Å². The van der Waals surface area contributed by atoms with Crippen LogP contribution in [0.2, 0.25) is 0 Å². The van der Waals surface area contributed by atoms with Crippen LogP contribution in [0, 0.1) is 0 Å². The van der Waals surface area contributed by atoms with Crippen LogP contribution in [0.3, 0.4) is 0 Å². The third kappa shape index (κ3) is 6.22. The van der Waals surface area contributed by atoms with Crippen molar-refractivity contribution in [2.75, 3.05) is 34.4 Å². The monoisotopic (exact) mass is 319 g/mol. The number of guanidine groups is 1. The number of aliphatic imine (C=N–C) groups is 1. The fourth-order valence-electron chi connectivity index (χ4n) is 2.19. The molecule has 1 aromatic rings. The first-order valence-corrected chi connectivity index (χ1v) is 7.97. The molecule has 0 aliphatic heterocycles. The number of hydrogen-bond acceptors (Lipinski definition) is 3. The first kappa shape index (κ1) is 18.9. The summed E-state index contributed by atoms with van der Waals surface area (Å²) in [6, 6.07) is 5.88. The highest BCUT2D eigenvalue weighted by Crippen LogP contribution is 2.27. The molecule has 128 valence electrons. The van der Waals surface area contributed by atoms with Crippen molar-refractivity contribution in [3.8, 4) is 11.5 Å². The second kappa shape index (κ2) is 10.5. The minimum Gasteiger partial charge on any atom is -0.493 e. The van der Waals surface area contributed by atoms with Gasteiger partial charge in [0.05, 0.1) is 20.8 Å². The molecule has 0 aliphatic rings. The largest absolute Gasteiger partial charge is 0.493 e. The average molecular weight is 319 g/mol. The molecule has 0 spiro atoms. The molecule has 1 rings (SSSR count). The van der Waals surface area contributed by atoms with Gasteiger partial charge in [-0.25, -0.2) is 4.99 Å². The number of ether oxygens (including phenoxy) is 2. The van der Waals surface area contributed by atoms with Crippen molar-refractivity contribution >= 4 is 5.96 Å². The van der Waals surface area contributed by atoms with E-state index in [-0.39, 0.29) is 0 Å². The summed E-state index contributed by atoms with van der Waals surface area (Å²) in [6.45, 7) is 8.22. The van der Waals surface area contributed by atoms with Crippen LogP contribution in [0.5, 0.6) is 11.5 Å². The Morgan fingerprint density at radius 2 is 2.04 bits per heavy atom. The molecule has 1 N–H and O–H groups in total. The Morgan fingerprint density at radius 1 is 1.30 bits per heavy atom. The minimum atomic E-state index is 0.592. The molecule has 5 heteroatoms. The van der Waals surface area contributed by atoms with E-state index >= 15 is 0 Å². The Balaban J connectivity index is 2.78. The first-order valence-electron chi connectivity index (χ1n) is 7.97. The Hall–Kier alpha value is -2.17. The van der Waals surface area contributed by atoms with Gasteiger partial charge >= 0.3 is 0 Å². The quantitative estimate of drug-likeness (QED) is 0.329. The highest BCUT2D eigenvalue weighted by Gasteiger charge is 2.07. The molecule has 0 unspecified atom stereocenters. The summed E-state index contributed by atoms with van der Waals surface area (Å²) in [4.78, 5) is 6.85. The van der Waals surface area contributed by atoms with Crippen LogP contribution in [-0.4, -0.2) is 45.2 Å². The van der Waals surface area contributed by atoms with E-state index in [0.29, 0.717) is 6.54 Å². The molecule has 0 atom stereocenters. The van der Waals surface area contributed by atoms with Crippen LogP contribution in [0.1, 0.15) is 25.3 Å². The van der Waals surface area contributed by atoms with Crippen LogP contribution < -0.4 is 14.8 Å². The summed E-state index contributed by atoms with van der Waals surface area (Å²) in [5, 5.41) is 3.32. The number of hydrogen-bond donors (Lipinski definition) is 1. The smallest absolute Gasteiger partial charge is 0.193 e. The molecule has 5 nitrogen and oxygen atoms in total. The predicted octanol–water partition coefficient (Wildman–Crippen LogP) is 3.07. The SMILES string of the molecule is C=CCCCN(C)C(=NCc1ccc(OC)c(OC)c1)NCC. The van der Waals surface area contributed by atoms with Gasteiger partial charge in [0, 0.05) is 20.1 Å². The van der Waals surface area contributed by atoms with E-state index in [2.05, 4.69) is 30.8 Å². The second-order valence-corrected chi connectivity index (χ2v) is 5.21. The van der Waals surface area contributed by atoms with E-state index in [9.17, 15) is 0 Å². The molecule has 1 aromatic carbocycles. The fourth-order valence-corrected chi connectivity index (χ4v) is 2.19. The molecule has 0 bridgehead atoms. The topological polar surface area (TPSA) is 46.1 Å². The second-order valence-electron chi connectivity index (χ2n) is 5.21. The van der Waals surface area contributed by atoms with Gasteiger partial charge < -0.3 is 19.7 Å². The van der Waals surface area contributed by atoms with Crippen LogP contribution in [0.25, 0.3) is 0 Å². The Bertz CT molecular complexity index is 515. The minimum absolute atomic E-state index is 0.592. The normalized spacial score (nSPS) is 11.0. The number of benzene rings is 1. The van der Waals surface area contributed by atoms with E-state index in [1.165, 1.54) is 0 Å². The first-order chi connectivity index (χ1) is 11.2. The van der Waals surface area contributed by atoms with Crippen LogP contribution in [0.15, 0.2) is 35.8 Å². The molecule has 0 fully saturated rings. The number of rotatable bonds is 9. The van der Waals surface area contributed by atoms with E-state index in [0.717, 1.165) is 49.0 Å². The molecular formula is C18H29N3O2. The standard InChI is InChI=1S/C18H29N3O2/c1-6-8-9-12-21(3)18(19-7-2)20-14-15-10-11-16(22-4)17(13-15)23-5/h6,10-11,13H,1,7-9,12,14H2,2-5H3,(H,19,20). The molecule has 0 aliphatic carbocycles. The molecule has 0 amide bonds. The lowest BCUT2D eigenvalue weighted by Crippen LogP contribution is -2.39. The van der Waals surface area contributed by atoms with Crippen molar-refractivity contribution < 1.29 is 9.47 Å². The lowest BCUT2D eigenvalue weighted by Gasteiger charge is -2.21. The van der Waals surface area contributed by atoms with Gasteiger partial charge in [-0.1, -0.05) is 12.1 Å². The van der Waals surface area contributed by atoms with Crippen molar-refractivity contribution in [3.63, 3.8) is 0 Å². The van der Waals surface area contributed by atoms with Crippen LogP contribution in [-0.2, 0) is 6.54 Å². The van der Waals surface area contributed by atoms with Gasteiger partial charge in [0.2, 0.25) is 0 Å². The van der Waals surface area contributed by atoms with Crippen molar-refractivity contribution in [2.45, 2.75) is 26.3 Å². The molecule has 0 heterocycles. The van der Waals surface area contributed by atoms with E-state index in [1.54, 1.807) is 14.2 Å². The summed E-state index contributed by atoms with van der Waals surface area (Å²) in [5.41, 5.74) is 1.08. The molecule has 0 radical (unpaired) electrons. The van der Waals surface area contributed by atoms with Crippen LogP contribution >= 0.6 is 0 Å². The zero-order valence-electron chi connectivity index (χ0n) is 14.8. The summed E-state index contributed by atoms with van der Waals surface area (Å²) in [6.07, 6.45) is 4.03. The maximum Gasteiger partial charge on any atom is 0.193 e. The highest BCUT2D eigenvalue weighted by molar-refractivity contribution is 5.79. The zero-order chi connectivity index (χ0) is 17.1. The van der Waals surface area contributed by atoms with Gasteiger partial charge in [-0.05, 0) is 37.5 Å². The Labute approximate surface area is 140 Å². The summed E-state index contributed by atoms with van der Waals surface area (Å²) in [7, 11) is 5.33. The van der Waals surface area contributed by atoms with Crippen molar-refractivity contribution in [3.05, 3.63) is 36.4 Å². The van der Waals surface area contributed by atoms with Gasteiger partial charge in [0.25, 0.3) is 0 Å². The molecular weight excluding hydrogens is 290 g/mol. The zero-order valence-corrected chi connectivity index (χ0v) is 14.8. The third-order valence-corrected chi connectivity index (χ3v) is 3.46. The van der Waals surface area contributed by atoms with Gasteiger partial charge in [0.15, 0.2) is 17.5 Å². The number of nitrogens with one attached hydrogen (secondary N) is 1. The maximum absolute atomic E-state index is 5.34. The average Bonchev–Trinajstić information content (AvgIpc) is 2.58. The third-order valence-electron chi connectivity index (χ3n) is 3.46. The number of unbranched alkanes of at least 4 members (excludes halogenated alkanes) is 1. The summed E-state index contributed by atoms with van der Waals surface area (Å²) >= 11 is 0. The van der Waals surface area contributed by atoms with E-state index in [4.69, 9.17) is 14.5 Å². The molecule has 23 heavy (non-hydrogen) atoms. The highest BCUT2D eigenvalue weighted by atomic mass is 16.5. The lowest BCUT2D eigenvalue weighted by molar-refractivity contribution is 0.354. The molecule has 0 saturated carbocycles. The van der Waals surface area contributed by atoms with Crippen molar-refractivity contribution in [1.82, 2.24) is 10.2 Å². The van der Waals surface area contributed by atoms with Crippen molar-refractivity contribution in [2.24, 2.45) is 4.99 Å². The maximum atomic E-state index is 5.34.